The molecular weight excluding hydrogens is 290 g/mol. The molecule has 2 N–H and O–H groups in total. The van der Waals surface area contributed by atoms with E-state index in [9.17, 15) is 9.90 Å². The average molecular weight is 311 g/mol. The average Bonchev–Trinajstić information content (AvgIpc) is 2.45. The number of aryl methyl sites for hydroxylation is 1. The molecular formula is C15H21NO2S2. The molecule has 1 amide bonds. The van der Waals surface area contributed by atoms with Gasteiger partial charge in [0.1, 0.15) is 0 Å². The smallest absolute Gasteiger partial charge is 0.244 e. The lowest BCUT2D eigenvalue weighted by atomic mass is 10.1. The molecule has 0 aliphatic heterocycles. The molecule has 1 atom stereocenters. The van der Waals surface area contributed by atoms with Crippen molar-refractivity contribution in [2.24, 2.45) is 0 Å². The zero-order chi connectivity index (χ0) is 14.8. The van der Waals surface area contributed by atoms with Crippen LogP contribution in [0.25, 0.3) is 6.08 Å². The first-order chi connectivity index (χ1) is 9.67. The number of carbonyl (C=O) groups is 1. The lowest BCUT2D eigenvalue weighted by Crippen LogP contribution is -2.38. The van der Waals surface area contributed by atoms with Crippen molar-refractivity contribution in [3.05, 3.63) is 41.5 Å². The molecule has 0 radical (unpaired) electrons. The largest absolute Gasteiger partial charge is 0.394 e. The van der Waals surface area contributed by atoms with Gasteiger partial charge < -0.3 is 10.4 Å². The first kappa shape index (κ1) is 17.1. The standard InChI is InChI=1S/C15H21NO2S2/c1-12-5-3-4-6-13(12)7-8-15(18)16-14(9-17)10-20-11-19-2/h3-8,14,17H,9-11H2,1-2H3,(H,16,18). The maximum absolute atomic E-state index is 11.8. The van der Waals surface area contributed by atoms with Gasteiger partial charge in [0.05, 0.1) is 12.6 Å². The van der Waals surface area contributed by atoms with Crippen molar-refractivity contribution in [3.8, 4) is 0 Å². The fourth-order valence-corrected chi connectivity index (χ4v) is 3.13. The van der Waals surface area contributed by atoms with Crippen LogP contribution in [0.1, 0.15) is 11.1 Å². The van der Waals surface area contributed by atoms with Crippen LogP contribution in [0.3, 0.4) is 0 Å². The first-order valence-electron chi connectivity index (χ1n) is 6.39. The van der Waals surface area contributed by atoms with E-state index in [1.165, 1.54) is 6.08 Å². The summed E-state index contributed by atoms with van der Waals surface area (Å²) in [6, 6.07) is 7.70. The number of amides is 1. The summed E-state index contributed by atoms with van der Waals surface area (Å²) in [5.41, 5.74) is 2.16. The van der Waals surface area contributed by atoms with E-state index in [-0.39, 0.29) is 18.6 Å². The summed E-state index contributed by atoms with van der Waals surface area (Å²) in [6.07, 6.45) is 5.35. The number of thioether (sulfide) groups is 2. The van der Waals surface area contributed by atoms with Gasteiger partial charge in [-0.3, -0.25) is 4.79 Å². The highest BCUT2D eigenvalue weighted by Gasteiger charge is 2.09. The fourth-order valence-electron chi connectivity index (χ4n) is 1.60. The summed E-state index contributed by atoms with van der Waals surface area (Å²) in [7, 11) is 0. The SMILES string of the molecule is CSCSCC(CO)NC(=O)C=Cc1ccccc1C. The van der Waals surface area contributed by atoms with Crippen LogP contribution in [0.15, 0.2) is 30.3 Å². The number of hydrogen-bond donors (Lipinski definition) is 2. The molecule has 20 heavy (non-hydrogen) atoms. The molecule has 0 aliphatic carbocycles. The third-order valence-corrected chi connectivity index (χ3v) is 4.94. The van der Waals surface area contributed by atoms with Gasteiger partial charge in [0.2, 0.25) is 5.91 Å². The van der Waals surface area contributed by atoms with Crippen molar-refractivity contribution < 1.29 is 9.90 Å². The molecule has 1 aromatic rings. The van der Waals surface area contributed by atoms with Crippen LogP contribution in [0.4, 0.5) is 0 Å². The maximum atomic E-state index is 11.8. The summed E-state index contributed by atoms with van der Waals surface area (Å²) in [4.78, 5) is 11.8. The minimum absolute atomic E-state index is 0.0364. The highest BCUT2D eigenvalue weighted by molar-refractivity contribution is 8.15. The molecule has 1 unspecified atom stereocenters. The Kier molecular flexibility index (Phi) is 8.49. The quantitative estimate of drug-likeness (QED) is 0.440. The van der Waals surface area contributed by atoms with Crippen molar-refractivity contribution in [2.45, 2.75) is 13.0 Å². The van der Waals surface area contributed by atoms with E-state index in [1.807, 2.05) is 37.4 Å². The second-order valence-corrected chi connectivity index (χ2v) is 6.62. The molecule has 0 aliphatic rings. The topological polar surface area (TPSA) is 49.3 Å². The van der Waals surface area contributed by atoms with E-state index < -0.39 is 0 Å². The van der Waals surface area contributed by atoms with Crippen LogP contribution < -0.4 is 5.32 Å². The molecule has 0 fully saturated rings. The van der Waals surface area contributed by atoms with Crippen LogP contribution >= 0.6 is 23.5 Å². The number of aliphatic hydroxyl groups excluding tert-OH is 1. The molecule has 110 valence electrons. The Morgan fingerprint density at radius 1 is 1.45 bits per heavy atom. The second-order valence-electron chi connectivity index (χ2n) is 4.36. The van der Waals surface area contributed by atoms with Gasteiger partial charge in [-0.2, -0.15) is 11.8 Å². The molecule has 1 rings (SSSR count). The van der Waals surface area contributed by atoms with Crippen LogP contribution in [0.5, 0.6) is 0 Å². The van der Waals surface area contributed by atoms with Crippen LogP contribution in [0.2, 0.25) is 0 Å². The van der Waals surface area contributed by atoms with Gasteiger partial charge in [0, 0.05) is 16.9 Å². The van der Waals surface area contributed by atoms with Gasteiger partial charge in [-0.1, -0.05) is 24.3 Å². The Morgan fingerprint density at radius 2 is 2.20 bits per heavy atom. The predicted octanol–water partition coefficient (Wildman–Crippen LogP) is 2.54. The highest BCUT2D eigenvalue weighted by atomic mass is 32.2. The first-order valence-corrected chi connectivity index (χ1v) is 8.94. The zero-order valence-electron chi connectivity index (χ0n) is 11.8. The number of benzene rings is 1. The van der Waals surface area contributed by atoms with Crippen molar-refractivity contribution in [3.63, 3.8) is 0 Å². The predicted molar refractivity (Wildman–Crippen MR) is 90.1 cm³/mol. The van der Waals surface area contributed by atoms with E-state index in [4.69, 9.17) is 0 Å². The maximum Gasteiger partial charge on any atom is 0.244 e. The van der Waals surface area contributed by atoms with E-state index in [0.29, 0.717) is 0 Å². The monoisotopic (exact) mass is 311 g/mol. The second kappa shape index (κ2) is 9.91. The van der Waals surface area contributed by atoms with Gasteiger partial charge >= 0.3 is 0 Å². The van der Waals surface area contributed by atoms with Gasteiger partial charge in [-0.15, -0.1) is 11.8 Å². The van der Waals surface area contributed by atoms with Crippen molar-refractivity contribution in [1.29, 1.82) is 0 Å². The lowest BCUT2D eigenvalue weighted by molar-refractivity contribution is -0.117. The van der Waals surface area contributed by atoms with E-state index >= 15 is 0 Å². The van der Waals surface area contributed by atoms with E-state index in [1.54, 1.807) is 29.6 Å². The Hall–Kier alpha value is -0.910. The summed E-state index contributed by atoms with van der Waals surface area (Å²) >= 11 is 3.45. The number of rotatable bonds is 8. The van der Waals surface area contributed by atoms with Gasteiger partial charge in [0.25, 0.3) is 0 Å². The number of nitrogens with one attached hydrogen (secondary N) is 1. The molecule has 3 nitrogen and oxygen atoms in total. The summed E-state index contributed by atoms with van der Waals surface area (Å²) in [5, 5.41) is 13.0. The highest BCUT2D eigenvalue weighted by Crippen LogP contribution is 2.10. The molecule has 0 bridgehead atoms. The molecule has 0 saturated heterocycles. The molecule has 0 spiro atoms. The molecule has 0 saturated carbocycles. The van der Waals surface area contributed by atoms with Gasteiger partial charge in [0.15, 0.2) is 0 Å². The molecule has 1 aromatic carbocycles. The number of carbonyl (C=O) groups excluding carboxylic acids is 1. The van der Waals surface area contributed by atoms with E-state index in [0.717, 1.165) is 22.0 Å². The molecule has 0 heterocycles. The Morgan fingerprint density at radius 3 is 2.85 bits per heavy atom. The summed E-state index contributed by atoms with van der Waals surface area (Å²) < 4.78 is 0. The third kappa shape index (κ3) is 6.50. The fraction of sp³-hybridized carbons (Fsp3) is 0.400. The number of hydrogen-bond acceptors (Lipinski definition) is 4. The third-order valence-electron chi connectivity index (χ3n) is 2.69. The minimum Gasteiger partial charge on any atom is -0.394 e. The Balaban J connectivity index is 2.47. The van der Waals surface area contributed by atoms with E-state index in [2.05, 4.69) is 5.32 Å². The molecule has 0 aromatic heterocycles. The number of aliphatic hydroxyl groups is 1. The van der Waals surface area contributed by atoms with Crippen molar-refractivity contribution in [1.82, 2.24) is 5.32 Å². The Labute approximate surface area is 129 Å². The van der Waals surface area contributed by atoms with Gasteiger partial charge in [-0.05, 0) is 30.4 Å². The van der Waals surface area contributed by atoms with Crippen molar-refractivity contribution in [2.75, 3.05) is 23.7 Å². The van der Waals surface area contributed by atoms with Crippen LogP contribution in [0, 0.1) is 6.92 Å². The minimum atomic E-state index is -0.193. The van der Waals surface area contributed by atoms with Gasteiger partial charge in [-0.25, -0.2) is 0 Å². The van der Waals surface area contributed by atoms with Crippen LogP contribution in [-0.4, -0.2) is 40.8 Å². The van der Waals surface area contributed by atoms with Crippen LogP contribution in [-0.2, 0) is 4.79 Å². The normalized spacial score (nSPS) is 12.6. The Bertz CT molecular complexity index is 449. The zero-order valence-corrected chi connectivity index (χ0v) is 13.5. The summed E-state index contributed by atoms with van der Waals surface area (Å²) in [6.45, 7) is 1.97. The summed E-state index contributed by atoms with van der Waals surface area (Å²) in [5.74, 6) is 0.554. The lowest BCUT2D eigenvalue weighted by Gasteiger charge is -2.14. The molecule has 5 heteroatoms. The van der Waals surface area contributed by atoms with Crippen molar-refractivity contribution >= 4 is 35.5 Å².